The second kappa shape index (κ2) is 2.28. The zero-order valence-electron chi connectivity index (χ0n) is 4.99. The van der Waals surface area contributed by atoms with Crippen LogP contribution in [0, 0.1) is 0 Å². The van der Waals surface area contributed by atoms with Crippen molar-refractivity contribution in [2.24, 2.45) is 5.73 Å². The molecule has 0 fully saturated rings. The third kappa shape index (κ3) is 2.60. The summed E-state index contributed by atoms with van der Waals surface area (Å²) in [5.74, 6) is 0. The molecule has 0 unspecified atom stereocenters. The fourth-order valence-electron chi connectivity index (χ4n) is 0.250. The molecule has 0 radical (unpaired) electrons. The van der Waals surface area contributed by atoms with Gasteiger partial charge in [0.15, 0.2) is 0 Å². The number of hydrogen-bond donors (Lipinski definition) is 1. The molecule has 0 aromatic rings. The highest BCUT2D eigenvalue weighted by molar-refractivity contribution is 4.63. The fourth-order valence-corrected chi connectivity index (χ4v) is 0.250. The maximum absolute atomic E-state index is 7.20. The van der Waals surface area contributed by atoms with Crippen molar-refractivity contribution in [3.63, 3.8) is 0 Å². The third-order valence-corrected chi connectivity index (χ3v) is 1.26. The lowest BCUT2D eigenvalue weighted by atomic mass is 10.1. The van der Waals surface area contributed by atoms with Crippen molar-refractivity contribution in [2.75, 3.05) is 0 Å². The lowest BCUT2D eigenvalue weighted by Crippen LogP contribution is -2.37. The Bertz CT molecular complexity index is 46.0. The summed E-state index contributed by atoms with van der Waals surface area (Å²) in [6.07, 6.45) is 1.48. The molecule has 4 N–H and O–H groups in total. The van der Waals surface area contributed by atoms with Crippen LogP contribution in [0.25, 0.3) is 0 Å². The van der Waals surface area contributed by atoms with E-state index in [-0.39, 0.29) is 0 Å². The summed E-state index contributed by atoms with van der Waals surface area (Å²) < 4.78 is 0. The summed E-state index contributed by atoms with van der Waals surface area (Å²) in [6.45, 7) is 3.85. The lowest BCUT2D eigenvalue weighted by Gasteiger charge is -2.11. The van der Waals surface area contributed by atoms with Gasteiger partial charge in [0, 0.05) is 12.8 Å². The molecule has 0 saturated carbocycles. The molecule has 0 heterocycles. The van der Waals surface area contributed by atoms with Crippen molar-refractivity contribution in [2.45, 2.75) is 32.4 Å². The Morgan fingerprint density at radius 2 is 1.71 bits per heavy atom. The monoisotopic (exact) mass is 104 g/mol. The molecule has 0 rings (SSSR count). The van der Waals surface area contributed by atoms with E-state index in [1.807, 2.05) is 13.8 Å². The van der Waals surface area contributed by atoms with E-state index in [4.69, 9.17) is 10.8 Å². The Hall–Kier alpha value is -0.0800. The molecule has 0 bridgehead atoms. The van der Waals surface area contributed by atoms with Crippen molar-refractivity contribution in [3.8, 4) is 0 Å². The molecule has 0 aromatic heterocycles. The molecule has 0 aliphatic rings. The Balaban J connectivity index is 3.36. The predicted molar refractivity (Wildman–Crippen MR) is 31.1 cm³/mol. The highest BCUT2D eigenvalue weighted by Gasteiger charge is 2.19. The quantitative estimate of drug-likeness (QED) is 0.394. The minimum Gasteiger partial charge on any atom is -0.429 e. The van der Waals surface area contributed by atoms with E-state index < -0.39 is 5.72 Å². The maximum Gasteiger partial charge on any atom is 0.217 e. The van der Waals surface area contributed by atoms with Gasteiger partial charge in [-0.05, 0) is 0 Å². The summed E-state index contributed by atoms with van der Waals surface area (Å²) >= 11 is 0. The molecule has 0 amide bonds. The highest BCUT2D eigenvalue weighted by atomic mass is 16.3. The zero-order valence-corrected chi connectivity index (χ0v) is 4.99. The van der Waals surface area contributed by atoms with Crippen LogP contribution in [0.15, 0.2) is 0 Å². The summed E-state index contributed by atoms with van der Waals surface area (Å²) in [6, 6.07) is 0. The zero-order chi connectivity index (χ0) is 5.91. The van der Waals surface area contributed by atoms with Gasteiger partial charge in [0.05, 0.1) is 0 Å². The topological polar surface area (TPSA) is 48.9 Å². The Kier molecular flexibility index (Phi) is 2.26. The standard InChI is InChI=1S/C5H13NO/c1-3-5(6,7)4-2/h7H,3-4,6H2,1-2H3/p+1. The van der Waals surface area contributed by atoms with Gasteiger partial charge in [-0.3, -0.25) is 5.73 Å². The molecule has 0 aliphatic carbocycles. The van der Waals surface area contributed by atoms with E-state index in [1.54, 1.807) is 0 Å². The summed E-state index contributed by atoms with van der Waals surface area (Å²) in [5.41, 5.74) is 4.72. The number of hydrogen-bond acceptors (Lipinski definition) is 1. The van der Waals surface area contributed by atoms with E-state index >= 15 is 0 Å². The van der Waals surface area contributed by atoms with Crippen molar-refractivity contribution in [3.05, 3.63) is 0 Å². The minimum absolute atomic E-state index is 0.667. The Morgan fingerprint density at radius 1 is 1.43 bits per heavy atom. The van der Waals surface area contributed by atoms with Gasteiger partial charge in [-0.1, -0.05) is 13.8 Å². The van der Waals surface area contributed by atoms with Crippen LogP contribution in [0.3, 0.4) is 0 Å². The molecule has 7 heavy (non-hydrogen) atoms. The molecule has 0 spiro atoms. The van der Waals surface area contributed by atoms with Gasteiger partial charge in [0.25, 0.3) is 0 Å². The van der Waals surface area contributed by atoms with Crippen LogP contribution in [0.1, 0.15) is 26.7 Å². The first-order valence-corrected chi connectivity index (χ1v) is 2.66. The van der Waals surface area contributed by atoms with Crippen LogP contribution < -0.4 is 5.73 Å². The summed E-state index contributed by atoms with van der Waals surface area (Å²) in [7, 11) is 0. The third-order valence-electron chi connectivity index (χ3n) is 1.26. The fraction of sp³-hybridized carbons (Fsp3) is 1.00. The first-order valence-electron chi connectivity index (χ1n) is 2.66. The van der Waals surface area contributed by atoms with Crippen LogP contribution in [0.4, 0.5) is 0 Å². The SMILES string of the molecule is CCC(N)([OH2+])CC. The summed E-state index contributed by atoms with van der Waals surface area (Å²) in [4.78, 5) is 0. The van der Waals surface area contributed by atoms with E-state index in [0.29, 0.717) is 0 Å². The van der Waals surface area contributed by atoms with Crippen molar-refractivity contribution in [1.82, 2.24) is 0 Å². The Labute approximate surface area is 44.3 Å². The maximum atomic E-state index is 7.20. The van der Waals surface area contributed by atoms with Crippen molar-refractivity contribution < 1.29 is 5.11 Å². The van der Waals surface area contributed by atoms with Crippen LogP contribution in [-0.2, 0) is 0 Å². The first-order chi connectivity index (χ1) is 3.12. The van der Waals surface area contributed by atoms with E-state index in [9.17, 15) is 0 Å². The second-order valence-electron chi connectivity index (χ2n) is 1.86. The molecular formula is C5H14NO+. The van der Waals surface area contributed by atoms with Crippen molar-refractivity contribution in [1.29, 1.82) is 0 Å². The van der Waals surface area contributed by atoms with E-state index in [2.05, 4.69) is 0 Å². The largest absolute Gasteiger partial charge is 0.429 e. The molecule has 0 aliphatic heterocycles. The van der Waals surface area contributed by atoms with Gasteiger partial charge >= 0.3 is 0 Å². The summed E-state index contributed by atoms with van der Waals surface area (Å²) in [5, 5.41) is 7.20. The van der Waals surface area contributed by atoms with Gasteiger partial charge < -0.3 is 5.11 Å². The predicted octanol–water partition coefficient (Wildman–Crippen LogP) is 0.186. The van der Waals surface area contributed by atoms with Crippen LogP contribution in [0.2, 0.25) is 0 Å². The lowest BCUT2D eigenvalue weighted by molar-refractivity contribution is 0.0391. The molecule has 0 aromatic carbocycles. The average molecular weight is 104 g/mol. The van der Waals surface area contributed by atoms with Crippen LogP contribution in [0.5, 0.6) is 0 Å². The smallest absolute Gasteiger partial charge is 0.217 e. The normalized spacial score (nSPS) is 12.0. The molecule has 2 nitrogen and oxygen atoms in total. The minimum atomic E-state index is -0.667. The van der Waals surface area contributed by atoms with Gasteiger partial charge in [-0.15, -0.1) is 0 Å². The highest BCUT2D eigenvalue weighted by Crippen LogP contribution is 2.03. The van der Waals surface area contributed by atoms with E-state index in [1.165, 1.54) is 0 Å². The molecule has 0 saturated heterocycles. The van der Waals surface area contributed by atoms with Crippen LogP contribution in [-0.4, -0.2) is 10.8 Å². The number of nitrogens with two attached hydrogens (primary N) is 1. The molecule has 44 valence electrons. The van der Waals surface area contributed by atoms with Crippen LogP contribution >= 0.6 is 0 Å². The van der Waals surface area contributed by atoms with Gasteiger partial charge in [0.1, 0.15) is 0 Å². The van der Waals surface area contributed by atoms with Gasteiger partial charge in [-0.25, -0.2) is 0 Å². The van der Waals surface area contributed by atoms with Gasteiger partial charge in [0.2, 0.25) is 5.72 Å². The second-order valence-corrected chi connectivity index (χ2v) is 1.86. The van der Waals surface area contributed by atoms with Crippen molar-refractivity contribution >= 4 is 0 Å². The number of rotatable bonds is 2. The average Bonchev–Trinajstić information content (AvgIpc) is 1.68. The Morgan fingerprint density at radius 3 is 1.71 bits per heavy atom. The molecule has 0 atom stereocenters. The molecule has 2 heteroatoms. The first kappa shape index (κ1) is 6.92. The molecular weight excluding hydrogens is 90.1 g/mol. The van der Waals surface area contributed by atoms with E-state index in [0.717, 1.165) is 12.8 Å². The van der Waals surface area contributed by atoms with Gasteiger partial charge in [-0.2, -0.15) is 0 Å².